The van der Waals surface area contributed by atoms with Gasteiger partial charge >= 0.3 is 5.69 Å². The number of H-pyrrole nitrogens is 1. The summed E-state index contributed by atoms with van der Waals surface area (Å²) in [5, 5.41) is 10.5. The quantitative estimate of drug-likeness (QED) is 0.640. The molecule has 0 aliphatic heterocycles. The summed E-state index contributed by atoms with van der Waals surface area (Å²) in [5.41, 5.74) is 1.69. The Labute approximate surface area is 161 Å². The number of hydrogen-bond acceptors (Lipinski definition) is 6. The van der Waals surface area contributed by atoms with Crippen molar-refractivity contribution >= 4 is 17.1 Å². The number of aryl methyl sites for hydroxylation is 3. The molecule has 0 radical (unpaired) electrons. The van der Waals surface area contributed by atoms with Crippen molar-refractivity contribution < 1.29 is 9.84 Å². The summed E-state index contributed by atoms with van der Waals surface area (Å²) in [5.74, 6) is 1.14. The van der Waals surface area contributed by atoms with Gasteiger partial charge in [0, 0.05) is 21.1 Å². The Balaban J connectivity index is 1.89. The van der Waals surface area contributed by atoms with Crippen LogP contribution in [-0.2, 0) is 13.6 Å². The molecule has 3 aromatic rings. The highest BCUT2D eigenvalue weighted by Crippen LogP contribution is 2.19. The van der Waals surface area contributed by atoms with Gasteiger partial charge in [-0.2, -0.15) is 4.98 Å². The van der Waals surface area contributed by atoms with E-state index in [1.807, 2.05) is 32.0 Å². The summed E-state index contributed by atoms with van der Waals surface area (Å²) in [6.07, 6.45) is -0.880. The lowest BCUT2D eigenvalue weighted by Gasteiger charge is -2.18. The lowest BCUT2D eigenvalue weighted by molar-refractivity contribution is 0.0936. The highest BCUT2D eigenvalue weighted by atomic mass is 16.5. The Bertz CT molecular complexity index is 1130. The maximum Gasteiger partial charge on any atom is 0.329 e. The molecule has 28 heavy (non-hydrogen) atoms. The van der Waals surface area contributed by atoms with Gasteiger partial charge in [-0.05, 0) is 37.1 Å². The number of aromatic amines is 1. The van der Waals surface area contributed by atoms with E-state index in [4.69, 9.17) is 4.74 Å². The third-order valence-corrected chi connectivity index (χ3v) is 4.70. The maximum absolute atomic E-state index is 12.4. The van der Waals surface area contributed by atoms with E-state index in [-0.39, 0.29) is 24.3 Å². The molecule has 0 amide bonds. The number of aromatic nitrogens is 4. The summed E-state index contributed by atoms with van der Waals surface area (Å²) in [4.78, 5) is 32.6. The summed E-state index contributed by atoms with van der Waals surface area (Å²) in [6, 6.07) is 5.73. The molecule has 1 atom stereocenters. The topological polar surface area (TPSA) is 105 Å². The number of fused-ring (bicyclic) bond motifs is 1. The van der Waals surface area contributed by atoms with Crippen LogP contribution in [0.1, 0.15) is 11.1 Å². The average Bonchev–Trinajstić information content (AvgIpc) is 3.01. The first-order valence-corrected chi connectivity index (χ1v) is 8.94. The second-order valence-electron chi connectivity index (χ2n) is 7.12. The van der Waals surface area contributed by atoms with Crippen molar-refractivity contribution in [1.82, 2.24) is 19.1 Å². The Morgan fingerprint density at radius 3 is 2.61 bits per heavy atom. The molecule has 9 nitrogen and oxygen atoms in total. The largest absolute Gasteiger partial charge is 0.491 e. The van der Waals surface area contributed by atoms with Gasteiger partial charge in [0.2, 0.25) is 5.95 Å². The number of nitrogens with one attached hydrogen (secondary N) is 1. The summed E-state index contributed by atoms with van der Waals surface area (Å²) >= 11 is 0. The fourth-order valence-corrected chi connectivity index (χ4v) is 3.00. The van der Waals surface area contributed by atoms with E-state index in [0.29, 0.717) is 11.7 Å². The van der Waals surface area contributed by atoms with Gasteiger partial charge in [0.15, 0.2) is 11.2 Å². The SMILES string of the molecule is Cc1ccc(OC[C@H](O)Cn2c(N(C)C)nc3c2c(=O)[nH]c(=O)n3C)cc1C. The van der Waals surface area contributed by atoms with Crippen LogP contribution in [0.15, 0.2) is 27.8 Å². The van der Waals surface area contributed by atoms with E-state index in [0.717, 1.165) is 5.56 Å². The zero-order valence-corrected chi connectivity index (χ0v) is 16.7. The van der Waals surface area contributed by atoms with Gasteiger partial charge < -0.3 is 19.3 Å². The molecule has 0 fully saturated rings. The number of ether oxygens (including phenoxy) is 1. The van der Waals surface area contributed by atoms with Crippen LogP contribution in [0.3, 0.4) is 0 Å². The highest BCUT2D eigenvalue weighted by molar-refractivity contribution is 5.74. The Hall–Kier alpha value is -3.07. The van der Waals surface area contributed by atoms with Gasteiger partial charge in [0.05, 0.1) is 6.54 Å². The molecular formula is C19H25N5O4. The van der Waals surface area contributed by atoms with Crippen LogP contribution < -0.4 is 20.9 Å². The van der Waals surface area contributed by atoms with Crippen molar-refractivity contribution in [3.05, 3.63) is 50.2 Å². The molecule has 3 rings (SSSR count). The van der Waals surface area contributed by atoms with Gasteiger partial charge in [-0.1, -0.05) is 6.07 Å². The van der Waals surface area contributed by atoms with Crippen LogP contribution in [0, 0.1) is 13.8 Å². The predicted octanol–water partition coefficient (Wildman–Crippen LogP) is 0.546. The molecule has 0 aliphatic rings. The smallest absolute Gasteiger partial charge is 0.329 e. The molecule has 0 aliphatic carbocycles. The van der Waals surface area contributed by atoms with Crippen LogP contribution in [0.2, 0.25) is 0 Å². The first-order chi connectivity index (χ1) is 13.2. The fraction of sp³-hybridized carbons (Fsp3) is 0.421. The normalized spacial score (nSPS) is 12.4. The van der Waals surface area contributed by atoms with Gasteiger partial charge in [0.1, 0.15) is 18.5 Å². The number of anilines is 1. The standard InChI is InChI=1S/C19H25N5O4/c1-11-6-7-14(8-12(11)2)28-10-13(25)9-24-15-16(20-18(24)22(3)4)23(5)19(27)21-17(15)26/h6-8,13,25H,9-10H2,1-5H3,(H,21,26,27)/t13-/m1/s1. The number of hydrogen-bond donors (Lipinski definition) is 2. The summed E-state index contributed by atoms with van der Waals surface area (Å²) in [7, 11) is 5.10. The van der Waals surface area contributed by atoms with Crippen molar-refractivity contribution in [2.75, 3.05) is 25.6 Å². The molecule has 0 bridgehead atoms. The first kappa shape index (κ1) is 19.7. The molecule has 1 aromatic carbocycles. The minimum absolute atomic E-state index is 0.0543. The molecule has 2 aromatic heterocycles. The van der Waals surface area contributed by atoms with E-state index < -0.39 is 17.4 Å². The Morgan fingerprint density at radius 2 is 1.96 bits per heavy atom. The van der Waals surface area contributed by atoms with E-state index in [1.165, 1.54) is 17.2 Å². The number of imidazole rings is 1. The third-order valence-electron chi connectivity index (χ3n) is 4.70. The monoisotopic (exact) mass is 387 g/mol. The second kappa shape index (κ2) is 7.51. The molecule has 0 spiro atoms. The first-order valence-electron chi connectivity index (χ1n) is 8.94. The van der Waals surface area contributed by atoms with E-state index in [9.17, 15) is 14.7 Å². The molecule has 150 valence electrons. The molecule has 0 saturated carbocycles. The highest BCUT2D eigenvalue weighted by Gasteiger charge is 2.20. The number of aliphatic hydroxyl groups is 1. The number of nitrogens with zero attached hydrogens (tertiary/aromatic N) is 4. The van der Waals surface area contributed by atoms with Crippen LogP contribution in [0.5, 0.6) is 5.75 Å². The molecule has 9 heteroatoms. The van der Waals surface area contributed by atoms with E-state index in [2.05, 4.69) is 9.97 Å². The van der Waals surface area contributed by atoms with E-state index >= 15 is 0 Å². The van der Waals surface area contributed by atoms with Crippen LogP contribution in [0.4, 0.5) is 5.95 Å². The number of benzene rings is 1. The Kier molecular flexibility index (Phi) is 5.28. The van der Waals surface area contributed by atoms with E-state index in [1.54, 1.807) is 23.6 Å². The molecular weight excluding hydrogens is 362 g/mol. The Morgan fingerprint density at radius 1 is 1.25 bits per heavy atom. The predicted molar refractivity (Wildman–Crippen MR) is 107 cm³/mol. The van der Waals surface area contributed by atoms with Gasteiger partial charge in [-0.25, -0.2) is 4.79 Å². The fourth-order valence-electron chi connectivity index (χ4n) is 3.00. The minimum Gasteiger partial charge on any atom is -0.491 e. The summed E-state index contributed by atoms with van der Waals surface area (Å²) < 4.78 is 8.57. The van der Waals surface area contributed by atoms with Gasteiger partial charge in [0.25, 0.3) is 5.56 Å². The zero-order chi connectivity index (χ0) is 20.6. The minimum atomic E-state index is -0.880. The van der Waals surface area contributed by atoms with Crippen LogP contribution in [0.25, 0.3) is 11.2 Å². The van der Waals surface area contributed by atoms with Crippen molar-refractivity contribution in [2.45, 2.75) is 26.5 Å². The van der Waals surface area contributed by atoms with Crippen LogP contribution >= 0.6 is 0 Å². The molecule has 0 unspecified atom stereocenters. The van der Waals surface area contributed by atoms with Crippen molar-refractivity contribution in [2.24, 2.45) is 7.05 Å². The van der Waals surface area contributed by atoms with Crippen molar-refractivity contribution in [1.29, 1.82) is 0 Å². The zero-order valence-electron chi connectivity index (χ0n) is 16.7. The number of rotatable bonds is 6. The lowest BCUT2D eigenvalue weighted by Crippen LogP contribution is -2.31. The molecule has 2 heterocycles. The van der Waals surface area contributed by atoms with Crippen molar-refractivity contribution in [3.8, 4) is 5.75 Å². The number of aliphatic hydroxyl groups excluding tert-OH is 1. The maximum atomic E-state index is 12.4. The van der Waals surface area contributed by atoms with Gasteiger partial charge in [-0.15, -0.1) is 0 Å². The van der Waals surface area contributed by atoms with Crippen LogP contribution in [-0.4, -0.2) is 51.0 Å². The second-order valence-corrected chi connectivity index (χ2v) is 7.12. The average molecular weight is 387 g/mol. The lowest BCUT2D eigenvalue weighted by atomic mass is 10.1. The summed E-state index contributed by atoms with van der Waals surface area (Å²) in [6.45, 7) is 4.16. The van der Waals surface area contributed by atoms with Gasteiger partial charge in [-0.3, -0.25) is 14.3 Å². The molecule has 0 saturated heterocycles. The molecule has 2 N–H and O–H groups in total. The van der Waals surface area contributed by atoms with Crippen molar-refractivity contribution in [3.63, 3.8) is 0 Å². The third kappa shape index (κ3) is 3.65.